The van der Waals surface area contributed by atoms with E-state index in [1.54, 1.807) is 19.9 Å². The molecule has 1 aliphatic carbocycles. The molecule has 0 unspecified atom stereocenters. The number of anilines is 1. The van der Waals surface area contributed by atoms with E-state index in [0.717, 1.165) is 54.9 Å². The summed E-state index contributed by atoms with van der Waals surface area (Å²) in [4.78, 5) is 84.1. The number of nitro groups is 1. The van der Waals surface area contributed by atoms with Gasteiger partial charge in [-0.25, -0.2) is 9.88 Å². The average molecular weight is 837 g/mol. The van der Waals surface area contributed by atoms with Gasteiger partial charge in [0.25, 0.3) is 5.69 Å². The third-order valence-corrected chi connectivity index (χ3v) is 12.9. The Labute approximate surface area is 357 Å². The molecule has 3 aliphatic heterocycles. The predicted octanol–water partition coefficient (Wildman–Crippen LogP) is 8.80. The number of carbonyl (C=O) groups is 4. The lowest BCUT2D eigenvalue weighted by atomic mass is 9.61. The molecule has 4 aromatic rings. The molecule has 318 valence electrons. The molecule has 8 rings (SSSR count). The standard InChI is InChI=1S/C48H48N6O8/c1-8-30-25(4)36-22-41-34-18-15-33-45(47(58)53(46(33)57)28-11-13-29(14-12-28)54(59)60)48(34,7)42(52-41)24-37-27(6)32(17-20-44(56)62-10-3)40(51-37)23-39-31(16-19-43(55)61-9-2)26(5)35(50-39)21-38(30)49-36/h8,11-14,18,21-24,33,45,49,51H,1,9-10,15-17,19-20H2,2-7H3/t33-,45+,48-/m1/s1. The van der Waals surface area contributed by atoms with Gasteiger partial charge in [0.05, 0.1) is 58.4 Å². The maximum Gasteiger partial charge on any atom is 0.306 e. The van der Waals surface area contributed by atoms with Crippen LogP contribution >= 0.6 is 0 Å². The lowest BCUT2D eigenvalue weighted by Gasteiger charge is -2.37. The van der Waals surface area contributed by atoms with Crippen molar-refractivity contribution in [3.05, 3.63) is 116 Å². The van der Waals surface area contributed by atoms with Crippen LogP contribution in [0.25, 0.3) is 44.9 Å². The number of allylic oxidation sites excluding steroid dienone is 4. The van der Waals surface area contributed by atoms with Gasteiger partial charge in [0.2, 0.25) is 11.8 Å². The summed E-state index contributed by atoms with van der Waals surface area (Å²) in [6, 6.07) is 13.3. The molecule has 14 heteroatoms. The zero-order valence-electron chi connectivity index (χ0n) is 35.6. The molecule has 4 aliphatic rings. The van der Waals surface area contributed by atoms with Gasteiger partial charge < -0.3 is 19.4 Å². The number of H-pyrrole nitrogens is 2. The van der Waals surface area contributed by atoms with Crippen LogP contribution in [-0.4, -0.2) is 61.8 Å². The Hall–Kier alpha value is -6.96. The first-order valence-electron chi connectivity index (χ1n) is 20.9. The highest BCUT2D eigenvalue weighted by Gasteiger charge is 2.61. The number of benzene rings is 1. The molecule has 2 amide bonds. The Morgan fingerprint density at radius 3 is 2.16 bits per heavy atom. The number of amides is 2. The summed E-state index contributed by atoms with van der Waals surface area (Å²) in [5.74, 6) is -2.97. The number of nitrogens with one attached hydrogen (secondary N) is 2. The fraction of sp³-hybridized carbons (Fsp3) is 0.333. The number of hydrogen-bond donors (Lipinski definition) is 2. The van der Waals surface area contributed by atoms with Crippen molar-refractivity contribution in [2.45, 2.75) is 79.1 Å². The van der Waals surface area contributed by atoms with Gasteiger partial charge in [-0.05, 0) is 131 Å². The molecule has 8 bridgehead atoms. The van der Waals surface area contributed by atoms with Gasteiger partial charge in [0.15, 0.2) is 0 Å². The van der Waals surface area contributed by atoms with Crippen LogP contribution in [0.3, 0.4) is 0 Å². The van der Waals surface area contributed by atoms with Crippen LogP contribution in [0.2, 0.25) is 0 Å². The smallest absolute Gasteiger partial charge is 0.306 e. The van der Waals surface area contributed by atoms with Gasteiger partial charge in [-0.15, -0.1) is 0 Å². The highest BCUT2D eigenvalue weighted by molar-refractivity contribution is 6.23. The number of rotatable bonds is 11. The summed E-state index contributed by atoms with van der Waals surface area (Å²) in [7, 11) is 0. The number of imide groups is 1. The van der Waals surface area contributed by atoms with Crippen LogP contribution in [0.5, 0.6) is 0 Å². The van der Waals surface area contributed by atoms with Gasteiger partial charge in [0.1, 0.15) is 0 Å². The first-order valence-corrected chi connectivity index (χ1v) is 20.9. The van der Waals surface area contributed by atoms with Crippen LogP contribution in [0.4, 0.5) is 11.4 Å². The van der Waals surface area contributed by atoms with E-state index in [1.165, 1.54) is 24.3 Å². The summed E-state index contributed by atoms with van der Waals surface area (Å²) in [6.45, 7) is 16.1. The van der Waals surface area contributed by atoms with Crippen LogP contribution in [0, 0.1) is 35.8 Å². The van der Waals surface area contributed by atoms with Gasteiger partial charge in [-0.2, -0.15) is 0 Å². The first kappa shape index (κ1) is 41.8. The van der Waals surface area contributed by atoms with Gasteiger partial charge in [-0.3, -0.25) is 34.3 Å². The van der Waals surface area contributed by atoms with Gasteiger partial charge in [0, 0.05) is 58.0 Å². The largest absolute Gasteiger partial charge is 0.466 e. The second kappa shape index (κ2) is 16.1. The van der Waals surface area contributed by atoms with Crippen molar-refractivity contribution in [3.8, 4) is 0 Å². The third-order valence-electron chi connectivity index (χ3n) is 12.9. The fourth-order valence-corrected chi connectivity index (χ4v) is 9.60. The number of ether oxygens (including phenoxy) is 2. The quantitative estimate of drug-likeness (QED) is 0.0639. The maximum atomic E-state index is 14.8. The first-order chi connectivity index (χ1) is 29.7. The molecule has 1 saturated heterocycles. The van der Waals surface area contributed by atoms with Crippen LogP contribution in [0.1, 0.15) is 98.4 Å². The van der Waals surface area contributed by atoms with Crippen LogP contribution < -0.4 is 4.90 Å². The second-order valence-corrected chi connectivity index (χ2v) is 16.2. The van der Waals surface area contributed by atoms with E-state index < -0.39 is 28.1 Å². The number of non-ortho nitro benzene ring substituents is 1. The Morgan fingerprint density at radius 1 is 0.871 bits per heavy atom. The normalized spacial score (nSPS) is 19.3. The van der Waals surface area contributed by atoms with Crippen molar-refractivity contribution in [3.63, 3.8) is 0 Å². The van der Waals surface area contributed by atoms with E-state index in [-0.39, 0.29) is 55.3 Å². The summed E-state index contributed by atoms with van der Waals surface area (Å²) in [5.41, 5.74) is 10.7. The lowest BCUT2D eigenvalue weighted by molar-refractivity contribution is -0.384. The van der Waals surface area contributed by atoms with Crippen molar-refractivity contribution >= 4 is 80.0 Å². The monoisotopic (exact) mass is 836 g/mol. The molecule has 3 aromatic heterocycles. The van der Waals surface area contributed by atoms with Crippen molar-refractivity contribution in [1.29, 1.82) is 0 Å². The summed E-state index contributed by atoms with van der Waals surface area (Å²) in [6.07, 6.45) is 5.14. The van der Waals surface area contributed by atoms with Crippen molar-refractivity contribution in [2.75, 3.05) is 18.1 Å². The molecule has 3 atom stereocenters. The number of esters is 2. The number of carbonyl (C=O) groups excluding carboxylic acids is 4. The average Bonchev–Trinajstić information content (AvgIpc) is 3.96. The maximum absolute atomic E-state index is 14.8. The summed E-state index contributed by atoms with van der Waals surface area (Å²) < 4.78 is 10.6. The van der Waals surface area contributed by atoms with E-state index >= 15 is 0 Å². The fourth-order valence-electron chi connectivity index (χ4n) is 9.60. The number of nitrogens with zero attached hydrogens (tertiary/aromatic N) is 4. The minimum atomic E-state index is -1.08. The zero-order chi connectivity index (χ0) is 44.2. The highest BCUT2D eigenvalue weighted by Crippen LogP contribution is 2.56. The van der Waals surface area contributed by atoms with E-state index in [9.17, 15) is 29.3 Å². The molecule has 0 saturated carbocycles. The van der Waals surface area contributed by atoms with E-state index in [0.29, 0.717) is 53.1 Å². The molecule has 62 heavy (non-hydrogen) atoms. The van der Waals surface area contributed by atoms with Crippen molar-refractivity contribution in [2.24, 2.45) is 11.8 Å². The van der Waals surface area contributed by atoms with Crippen molar-refractivity contribution < 1.29 is 33.6 Å². The molecule has 2 N–H and O–H groups in total. The molecular weight excluding hydrogens is 789 g/mol. The SMILES string of the molecule is C=Cc1c(C)c2cc3nc(cc4[nH]c(cc5nc(cc1[nH]2)C(C)=C5CCC(=O)OCC)c(CCC(=O)OCC)c4C)[C@@]1(C)C3=CC[C@H]2C(=O)N(c3ccc([N+](=O)[O-])cc3)C(=O)[C@H]21. The predicted molar refractivity (Wildman–Crippen MR) is 236 cm³/mol. The third kappa shape index (κ3) is 6.92. The highest BCUT2D eigenvalue weighted by atomic mass is 16.6. The van der Waals surface area contributed by atoms with E-state index in [2.05, 4.69) is 16.5 Å². The molecule has 14 nitrogen and oxygen atoms in total. The minimum absolute atomic E-state index is 0.130. The Bertz CT molecular complexity index is 2850. The topological polar surface area (TPSA) is 190 Å². The zero-order valence-corrected chi connectivity index (χ0v) is 35.6. The van der Waals surface area contributed by atoms with Crippen LogP contribution in [-0.2, 0) is 40.5 Å². The summed E-state index contributed by atoms with van der Waals surface area (Å²) >= 11 is 0. The number of nitro benzene ring substituents is 1. The van der Waals surface area contributed by atoms with E-state index in [4.69, 9.17) is 19.4 Å². The summed E-state index contributed by atoms with van der Waals surface area (Å²) in [5, 5.41) is 11.4. The molecule has 1 aromatic carbocycles. The number of aryl methyl sites for hydroxylation is 3. The Morgan fingerprint density at radius 2 is 1.50 bits per heavy atom. The van der Waals surface area contributed by atoms with E-state index in [1.807, 2.05) is 58.0 Å². The van der Waals surface area contributed by atoms with Gasteiger partial charge >= 0.3 is 11.9 Å². The molecular formula is C48H48N6O8. The van der Waals surface area contributed by atoms with Crippen LogP contribution in [0.15, 0.2) is 61.2 Å². The van der Waals surface area contributed by atoms with Gasteiger partial charge in [-0.1, -0.05) is 18.7 Å². The minimum Gasteiger partial charge on any atom is -0.466 e. The molecule has 0 spiro atoms. The molecule has 6 heterocycles. The lowest BCUT2D eigenvalue weighted by Crippen LogP contribution is -2.41. The number of aromatic nitrogens is 4. The number of hydrogen-bond acceptors (Lipinski definition) is 10. The number of fused-ring (bicyclic) bond motifs is 13. The molecule has 0 radical (unpaired) electrons. The Kier molecular flexibility index (Phi) is 10.9. The second-order valence-electron chi connectivity index (χ2n) is 16.2. The molecule has 1 fully saturated rings. The Balaban J connectivity index is 1.39. The number of aromatic amines is 2. The van der Waals surface area contributed by atoms with Crippen molar-refractivity contribution in [1.82, 2.24) is 19.9 Å².